The summed E-state index contributed by atoms with van der Waals surface area (Å²) in [5.41, 5.74) is 2.50. The molecule has 4 nitrogen and oxygen atoms in total. The van der Waals surface area contributed by atoms with Gasteiger partial charge in [-0.3, -0.25) is 9.69 Å². The third-order valence-corrected chi connectivity index (χ3v) is 4.92. The predicted molar refractivity (Wildman–Crippen MR) is 90.9 cm³/mol. The van der Waals surface area contributed by atoms with Gasteiger partial charge in [-0.15, -0.1) is 0 Å². The first-order valence-electron chi connectivity index (χ1n) is 8.90. The summed E-state index contributed by atoms with van der Waals surface area (Å²) < 4.78 is 5.59. The molecule has 2 fully saturated rings. The van der Waals surface area contributed by atoms with Crippen molar-refractivity contribution in [1.82, 2.24) is 10.2 Å². The lowest BCUT2D eigenvalue weighted by atomic mass is 10.1. The van der Waals surface area contributed by atoms with Gasteiger partial charge in [-0.05, 0) is 30.9 Å². The lowest BCUT2D eigenvalue weighted by Gasteiger charge is -2.31. The average molecular weight is 316 g/mol. The molecule has 2 aliphatic rings. The Labute approximate surface area is 139 Å². The number of carbonyl (C=O) groups excluding carboxylic acids is 1. The van der Waals surface area contributed by atoms with E-state index in [2.05, 4.69) is 41.4 Å². The second-order valence-electron chi connectivity index (χ2n) is 6.94. The number of amides is 1. The molecule has 126 valence electrons. The number of hydrogen-bond acceptors (Lipinski definition) is 3. The largest absolute Gasteiger partial charge is 0.376 e. The van der Waals surface area contributed by atoms with E-state index in [1.54, 1.807) is 0 Å². The Morgan fingerprint density at radius 1 is 1.30 bits per heavy atom. The van der Waals surface area contributed by atoms with Crippen LogP contribution < -0.4 is 5.32 Å². The molecule has 3 rings (SSSR count). The molecule has 0 radical (unpaired) electrons. The quantitative estimate of drug-likeness (QED) is 0.908. The lowest BCUT2D eigenvalue weighted by molar-refractivity contribution is -0.124. The Bertz CT molecular complexity index is 526. The van der Waals surface area contributed by atoms with E-state index in [-0.39, 0.29) is 11.8 Å². The number of hydrogen-bond donors (Lipinski definition) is 1. The Morgan fingerprint density at radius 3 is 2.87 bits per heavy atom. The van der Waals surface area contributed by atoms with E-state index in [4.69, 9.17) is 4.74 Å². The minimum Gasteiger partial charge on any atom is -0.376 e. The smallest absolute Gasteiger partial charge is 0.223 e. The van der Waals surface area contributed by atoms with Crippen molar-refractivity contribution in [3.8, 4) is 0 Å². The van der Waals surface area contributed by atoms with Crippen LogP contribution in [0.15, 0.2) is 24.3 Å². The maximum atomic E-state index is 12.1. The third-order valence-electron chi connectivity index (χ3n) is 4.92. The maximum Gasteiger partial charge on any atom is 0.223 e. The summed E-state index contributed by atoms with van der Waals surface area (Å²) in [5, 5.41) is 3.11. The van der Waals surface area contributed by atoms with Gasteiger partial charge in [0.15, 0.2) is 0 Å². The zero-order valence-corrected chi connectivity index (χ0v) is 14.1. The van der Waals surface area contributed by atoms with E-state index >= 15 is 0 Å². The zero-order chi connectivity index (χ0) is 16.1. The lowest BCUT2D eigenvalue weighted by Crippen LogP contribution is -2.40. The minimum absolute atomic E-state index is 0.231. The molecule has 1 N–H and O–H groups in total. The summed E-state index contributed by atoms with van der Waals surface area (Å²) in [6.45, 7) is 6.52. The molecule has 1 aromatic rings. The molecule has 1 saturated heterocycles. The highest BCUT2D eigenvalue weighted by Gasteiger charge is 2.22. The van der Waals surface area contributed by atoms with Crippen molar-refractivity contribution in [2.24, 2.45) is 5.92 Å². The fourth-order valence-corrected chi connectivity index (χ4v) is 3.65. The second-order valence-corrected chi connectivity index (χ2v) is 6.94. The summed E-state index contributed by atoms with van der Waals surface area (Å²) in [7, 11) is 0. The number of morpholine rings is 1. The summed E-state index contributed by atoms with van der Waals surface area (Å²) >= 11 is 0. The normalized spacial score (nSPS) is 23.1. The molecular weight excluding hydrogens is 288 g/mol. The minimum atomic E-state index is 0.231. The van der Waals surface area contributed by atoms with E-state index in [0.29, 0.717) is 12.6 Å². The Balaban J connectivity index is 1.51. The van der Waals surface area contributed by atoms with Crippen LogP contribution in [0.4, 0.5) is 0 Å². The van der Waals surface area contributed by atoms with Crippen molar-refractivity contribution in [3.05, 3.63) is 35.4 Å². The highest BCUT2D eigenvalue weighted by Crippen LogP contribution is 2.24. The van der Waals surface area contributed by atoms with E-state index in [0.717, 1.165) is 39.1 Å². The van der Waals surface area contributed by atoms with Gasteiger partial charge in [0.1, 0.15) is 0 Å². The van der Waals surface area contributed by atoms with Gasteiger partial charge < -0.3 is 10.1 Å². The molecule has 0 unspecified atom stereocenters. The van der Waals surface area contributed by atoms with Crippen molar-refractivity contribution in [2.45, 2.75) is 51.8 Å². The fraction of sp³-hybridized carbons (Fsp3) is 0.632. The number of rotatable bonds is 5. The number of ether oxygens (including phenoxy) is 1. The monoisotopic (exact) mass is 316 g/mol. The summed E-state index contributed by atoms with van der Waals surface area (Å²) in [6.07, 6.45) is 4.83. The number of carbonyl (C=O) groups is 1. The highest BCUT2D eigenvalue weighted by atomic mass is 16.5. The van der Waals surface area contributed by atoms with Crippen molar-refractivity contribution < 1.29 is 9.53 Å². The maximum absolute atomic E-state index is 12.1. The topological polar surface area (TPSA) is 41.6 Å². The van der Waals surface area contributed by atoms with E-state index in [1.165, 1.54) is 24.0 Å². The van der Waals surface area contributed by atoms with Crippen LogP contribution in [0.2, 0.25) is 0 Å². The number of benzene rings is 1. The van der Waals surface area contributed by atoms with Gasteiger partial charge in [0.2, 0.25) is 5.91 Å². The van der Waals surface area contributed by atoms with Crippen molar-refractivity contribution in [3.63, 3.8) is 0 Å². The van der Waals surface area contributed by atoms with Crippen LogP contribution in [0.5, 0.6) is 0 Å². The van der Waals surface area contributed by atoms with Gasteiger partial charge in [-0.1, -0.05) is 37.1 Å². The molecule has 1 aromatic carbocycles. The van der Waals surface area contributed by atoms with Gasteiger partial charge in [0.25, 0.3) is 0 Å². The zero-order valence-electron chi connectivity index (χ0n) is 14.1. The third kappa shape index (κ3) is 4.79. The standard InChI is InChI=1S/C19H28N2O2/c1-15-13-21(9-10-23-15)14-17-6-4-5-16(11-17)12-20-19(22)18-7-2-3-8-18/h4-6,11,15,18H,2-3,7-10,12-14H2,1H3,(H,20,22)/t15-/m0/s1. The molecule has 4 heteroatoms. The van der Waals surface area contributed by atoms with Gasteiger partial charge in [0, 0.05) is 32.1 Å². The van der Waals surface area contributed by atoms with Crippen LogP contribution in [-0.2, 0) is 22.6 Å². The Kier molecular flexibility index (Phi) is 5.68. The first kappa shape index (κ1) is 16.5. The molecule has 1 atom stereocenters. The van der Waals surface area contributed by atoms with Crippen LogP contribution >= 0.6 is 0 Å². The molecule has 1 amide bonds. The molecule has 1 heterocycles. The molecular formula is C19H28N2O2. The highest BCUT2D eigenvalue weighted by molar-refractivity contribution is 5.78. The van der Waals surface area contributed by atoms with E-state index < -0.39 is 0 Å². The van der Waals surface area contributed by atoms with Gasteiger partial charge in [-0.25, -0.2) is 0 Å². The van der Waals surface area contributed by atoms with Crippen LogP contribution in [0, 0.1) is 5.92 Å². The van der Waals surface area contributed by atoms with Gasteiger partial charge >= 0.3 is 0 Å². The van der Waals surface area contributed by atoms with E-state index in [9.17, 15) is 4.79 Å². The molecule has 1 saturated carbocycles. The molecule has 1 aliphatic heterocycles. The Hall–Kier alpha value is -1.39. The van der Waals surface area contributed by atoms with Crippen LogP contribution in [-0.4, -0.2) is 36.6 Å². The van der Waals surface area contributed by atoms with Crippen molar-refractivity contribution in [2.75, 3.05) is 19.7 Å². The van der Waals surface area contributed by atoms with Crippen LogP contribution in [0.3, 0.4) is 0 Å². The summed E-state index contributed by atoms with van der Waals surface area (Å²) in [4.78, 5) is 14.6. The molecule has 0 bridgehead atoms. The molecule has 23 heavy (non-hydrogen) atoms. The molecule has 1 aliphatic carbocycles. The average Bonchev–Trinajstić information content (AvgIpc) is 3.07. The predicted octanol–water partition coefficient (Wildman–Crippen LogP) is 2.71. The second kappa shape index (κ2) is 7.93. The number of nitrogens with zero attached hydrogens (tertiary/aromatic N) is 1. The van der Waals surface area contributed by atoms with Gasteiger partial charge in [0.05, 0.1) is 12.7 Å². The van der Waals surface area contributed by atoms with Crippen LogP contribution in [0.25, 0.3) is 0 Å². The van der Waals surface area contributed by atoms with E-state index in [1.807, 2.05) is 0 Å². The van der Waals surface area contributed by atoms with Crippen LogP contribution in [0.1, 0.15) is 43.7 Å². The molecule has 0 aromatic heterocycles. The summed E-state index contributed by atoms with van der Waals surface area (Å²) in [5.74, 6) is 0.475. The number of nitrogens with one attached hydrogen (secondary N) is 1. The molecule has 0 spiro atoms. The SMILES string of the molecule is C[C@H]1CN(Cc2cccc(CNC(=O)C3CCCC3)c2)CCO1. The van der Waals surface area contributed by atoms with Crippen molar-refractivity contribution in [1.29, 1.82) is 0 Å². The fourth-order valence-electron chi connectivity index (χ4n) is 3.65. The summed E-state index contributed by atoms with van der Waals surface area (Å²) in [6, 6.07) is 8.58. The Morgan fingerprint density at radius 2 is 2.09 bits per heavy atom. The first-order valence-corrected chi connectivity index (χ1v) is 8.90. The van der Waals surface area contributed by atoms with Gasteiger partial charge in [-0.2, -0.15) is 0 Å². The first-order chi connectivity index (χ1) is 11.2. The van der Waals surface area contributed by atoms with Crippen molar-refractivity contribution >= 4 is 5.91 Å².